The van der Waals surface area contributed by atoms with E-state index in [1.165, 1.54) is 6.07 Å². The summed E-state index contributed by atoms with van der Waals surface area (Å²) in [4.78, 5) is 31.1. The number of carbonyl (C=O) groups excluding carboxylic acids is 1. The highest BCUT2D eigenvalue weighted by molar-refractivity contribution is 5.88. The highest BCUT2D eigenvalue weighted by Gasteiger charge is 2.19. The van der Waals surface area contributed by atoms with Gasteiger partial charge in [-0.3, -0.25) is 4.68 Å². The van der Waals surface area contributed by atoms with Gasteiger partial charge in [0.1, 0.15) is 19.0 Å². The van der Waals surface area contributed by atoms with Crippen LogP contribution in [-0.2, 0) is 29.8 Å². The third-order valence-electron chi connectivity index (χ3n) is 5.41. The van der Waals surface area contributed by atoms with Gasteiger partial charge in [0.25, 0.3) is 0 Å². The maximum absolute atomic E-state index is 15.0. The molecule has 0 aliphatic carbocycles. The number of nitrogens with zero attached hydrogens (tertiary/aromatic N) is 7. The van der Waals surface area contributed by atoms with Gasteiger partial charge >= 0.3 is 6.09 Å². The Labute approximate surface area is 206 Å². The molecule has 188 valence electrons. The van der Waals surface area contributed by atoms with Crippen molar-refractivity contribution in [3.05, 3.63) is 59.9 Å². The van der Waals surface area contributed by atoms with E-state index in [0.717, 1.165) is 24.1 Å². The molecule has 1 saturated heterocycles. The largest absolute Gasteiger partial charge is 0.443 e. The van der Waals surface area contributed by atoms with Crippen molar-refractivity contribution in [1.29, 1.82) is 0 Å². The van der Waals surface area contributed by atoms with E-state index in [1.54, 1.807) is 35.4 Å². The van der Waals surface area contributed by atoms with Crippen LogP contribution in [0.15, 0.2) is 53.1 Å². The number of halogens is 1. The number of carbonyl (C=O) groups is 1. The quantitative estimate of drug-likeness (QED) is 0.284. The minimum absolute atomic E-state index is 0.171. The van der Waals surface area contributed by atoms with Crippen molar-refractivity contribution in [2.45, 2.75) is 26.1 Å². The van der Waals surface area contributed by atoms with Crippen LogP contribution in [-0.4, -0.2) is 50.6 Å². The molecule has 12 nitrogen and oxygen atoms in total. The molecule has 1 aliphatic rings. The molecule has 3 heterocycles. The first-order chi connectivity index (χ1) is 17.4. The molecule has 36 heavy (non-hydrogen) atoms. The molecule has 3 aromatic rings. The van der Waals surface area contributed by atoms with Gasteiger partial charge in [-0.15, -0.1) is 4.99 Å². The van der Waals surface area contributed by atoms with Gasteiger partial charge in [-0.1, -0.05) is 23.4 Å². The molecular weight excluding hydrogens is 469 g/mol. The maximum Gasteiger partial charge on any atom is 0.437 e. The molecule has 0 radical (unpaired) electrons. The Morgan fingerprint density at radius 1 is 1.14 bits per heavy atom. The van der Waals surface area contributed by atoms with Crippen molar-refractivity contribution in [1.82, 2.24) is 19.7 Å². The smallest absolute Gasteiger partial charge is 0.437 e. The molecule has 1 aliphatic heterocycles. The second-order valence-electron chi connectivity index (χ2n) is 8.08. The lowest BCUT2D eigenvalue weighted by Gasteiger charge is -2.27. The lowest BCUT2D eigenvalue weighted by atomic mass is 10.1. The van der Waals surface area contributed by atoms with Gasteiger partial charge < -0.3 is 25.9 Å². The van der Waals surface area contributed by atoms with Crippen LogP contribution >= 0.6 is 0 Å². The number of rotatable bonds is 7. The standard InChI is InChI=1S/C23H26FN9O3/c1-32-12-15(9-29-32)13-36-31-18-5-7-33(8-6-18)22-27-10-17(11-28-22)19-4-2-3-16(20(19)24)14-35-23(34)30-21(25)26/h2-4,9-12H,5-8,13-14H2,1H3,(H4,25,26,30,34). The molecule has 1 fully saturated rings. The number of amides is 1. The molecule has 4 N–H and O–H groups in total. The topological polar surface area (TPSA) is 159 Å². The number of nitrogens with two attached hydrogens (primary N) is 2. The van der Waals surface area contributed by atoms with Gasteiger partial charge in [-0.2, -0.15) is 5.10 Å². The number of oxime groups is 1. The number of aryl methyl sites for hydroxylation is 1. The molecule has 1 amide bonds. The van der Waals surface area contributed by atoms with E-state index >= 15 is 4.39 Å². The van der Waals surface area contributed by atoms with E-state index in [9.17, 15) is 4.79 Å². The van der Waals surface area contributed by atoms with E-state index in [1.807, 2.05) is 18.1 Å². The second kappa shape index (κ2) is 11.3. The summed E-state index contributed by atoms with van der Waals surface area (Å²) < 4.78 is 21.6. The van der Waals surface area contributed by atoms with Crippen molar-refractivity contribution in [2.24, 2.45) is 28.7 Å². The fourth-order valence-corrected chi connectivity index (χ4v) is 3.62. The van der Waals surface area contributed by atoms with Gasteiger partial charge in [0.05, 0.1) is 11.9 Å². The van der Waals surface area contributed by atoms with Crippen LogP contribution < -0.4 is 16.4 Å². The van der Waals surface area contributed by atoms with Crippen LogP contribution in [0.25, 0.3) is 11.1 Å². The SMILES string of the molecule is Cn1cc(CON=C2CCN(c3ncc(-c4cccc(COC(=O)N=C(N)N)c4F)cn3)CC2)cn1. The van der Waals surface area contributed by atoms with Gasteiger partial charge in [-0.05, 0) is 0 Å². The van der Waals surface area contributed by atoms with Crippen molar-refractivity contribution < 1.29 is 18.8 Å². The number of hydrogen-bond acceptors (Lipinski definition) is 8. The van der Waals surface area contributed by atoms with Crippen LogP contribution in [0.2, 0.25) is 0 Å². The van der Waals surface area contributed by atoms with Crippen LogP contribution in [0.3, 0.4) is 0 Å². The van der Waals surface area contributed by atoms with Crippen LogP contribution in [0.1, 0.15) is 24.0 Å². The van der Waals surface area contributed by atoms with Crippen molar-refractivity contribution in [2.75, 3.05) is 18.0 Å². The molecule has 0 saturated carbocycles. The average Bonchev–Trinajstić information content (AvgIpc) is 3.28. The summed E-state index contributed by atoms with van der Waals surface area (Å²) in [5.41, 5.74) is 13.1. The number of benzene rings is 1. The fourth-order valence-electron chi connectivity index (χ4n) is 3.62. The summed E-state index contributed by atoms with van der Waals surface area (Å²) in [6.07, 6.45) is 7.22. The first kappa shape index (κ1) is 24.6. The Hall–Kier alpha value is -4.55. The third kappa shape index (κ3) is 6.31. The molecule has 2 aromatic heterocycles. The Kier molecular flexibility index (Phi) is 7.68. The normalized spacial score (nSPS) is 13.3. The number of aromatic nitrogens is 4. The average molecular weight is 496 g/mol. The number of guanidine groups is 1. The van der Waals surface area contributed by atoms with Crippen molar-refractivity contribution in [3.8, 4) is 11.1 Å². The summed E-state index contributed by atoms with van der Waals surface area (Å²) in [7, 11) is 1.85. The van der Waals surface area contributed by atoms with E-state index in [4.69, 9.17) is 21.0 Å². The van der Waals surface area contributed by atoms with E-state index < -0.39 is 17.9 Å². The first-order valence-corrected chi connectivity index (χ1v) is 11.2. The van der Waals surface area contributed by atoms with Gasteiger partial charge in [0.2, 0.25) is 5.95 Å². The predicted octanol–water partition coefficient (Wildman–Crippen LogP) is 2.10. The van der Waals surface area contributed by atoms with Gasteiger partial charge in [0, 0.05) is 73.8 Å². The van der Waals surface area contributed by atoms with Crippen LogP contribution in [0.4, 0.5) is 15.1 Å². The number of ether oxygens (including phenoxy) is 1. The molecule has 13 heteroatoms. The molecule has 0 unspecified atom stereocenters. The minimum atomic E-state index is -0.998. The fraction of sp³-hybridized carbons (Fsp3) is 0.304. The maximum atomic E-state index is 15.0. The zero-order valence-corrected chi connectivity index (χ0v) is 19.7. The van der Waals surface area contributed by atoms with Crippen LogP contribution in [0, 0.1) is 5.82 Å². The lowest BCUT2D eigenvalue weighted by molar-refractivity contribution is 0.129. The molecular formula is C23H26FN9O3. The van der Waals surface area contributed by atoms with Gasteiger partial charge in [-0.25, -0.2) is 19.2 Å². The Balaban J connectivity index is 1.33. The second-order valence-corrected chi connectivity index (χ2v) is 8.08. The molecule has 0 spiro atoms. The minimum Gasteiger partial charge on any atom is -0.443 e. The number of anilines is 1. The molecule has 0 atom stereocenters. The van der Waals surface area contributed by atoms with Gasteiger partial charge in [0.15, 0.2) is 5.96 Å². The summed E-state index contributed by atoms with van der Waals surface area (Å²) in [5, 5.41) is 8.35. The third-order valence-corrected chi connectivity index (χ3v) is 5.41. The monoisotopic (exact) mass is 495 g/mol. The number of hydrogen-bond donors (Lipinski definition) is 2. The molecule has 0 bridgehead atoms. The van der Waals surface area contributed by atoms with E-state index in [-0.39, 0.29) is 17.7 Å². The lowest BCUT2D eigenvalue weighted by Crippen LogP contribution is -2.35. The Morgan fingerprint density at radius 2 is 1.89 bits per heavy atom. The summed E-state index contributed by atoms with van der Waals surface area (Å²) in [5.74, 6) is -0.425. The zero-order chi connectivity index (χ0) is 25.5. The zero-order valence-electron chi connectivity index (χ0n) is 19.7. The Bertz CT molecular complexity index is 1260. The highest BCUT2D eigenvalue weighted by Crippen LogP contribution is 2.26. The highest BCUT2D eigenvalue weighted by atomic mass is 19.1. The number of piperidine rings is 1. The molecule has 4 rings (SSSR count). The predicted molar refractivity (Wildman–Crippen MR) is 130 cm³/mol. The molecule has 1 aromatic carbocycles. The summed E-state index contributed by atoms with van der Waals surface area (Å²) in [6.45, 7) is 1.44. The summed E-state index contributed by atoms with van der Waals surface area (Å²) in [6, 6.07) is 4.76. The first-order valence-electron chi connectivity index (χ1n) is 11.2. The van der Waals surface area contributed by atoms with E-state index in [0.29, 0.717) is 31.2 Å². The Morgan fingerprint density at radius 3 is 2.56 bits per heavy atom. The summed E-state index contributed by atoms with van der Waals surface area (Å²) >= 11 is 0. The van der Waals surface area contributed by atoms with Crippen molar-refractivity contribution >= 4 is 23.7 Å². The number of aliphatic imine (C=N–C) groups is 1. The van der Waals surface area contributed by atoms with Crippen molar-refractivity contribution in [3.63, 3.8) is 0 Å². The van der Waals surface area contributed by atoms with E-state index in [2.05, 4.69) is 25.2 Å². The van der Waals surface area contributed by atoms with Crippen LogP contribution in [0.5, 0.6) is 0 Å².